The Morgan fingerprint density at radius 3 is 2.64 bits per heavy atom. The predicted molar refractivity (Wildman–Crippen MR) is 92.8 cm³/mol. The van der Waals surface area contributed by atoms with E-state index in [2.05, 4.69) is 5.32 Å². The Kier molecular flexibility index (Phi) is 3.99. The minimum absolute atomic E-state index is 0.00211. The molecule has 6 heteroatoms. The van der Waals surface area contributed by atoms with E-state index in [0.29, 0.717) is 41.0 Å². The molecule has 0 fully saturated rings. The van der Waals surface area contributed by atoms with Crippen LogP contribution in [0.5, 0.6) is 0 Å². The zero-order chi connectivity index (χ0) is 18.4. The van der Waals surface area contributed by atoms with Crippen molar-refractivity contribution in [1.82, 2.24) is 0 Å². The summed E-state index contributed by atoms with van der Waals surface area (Å²) < 4.78 is 5.73. The summed E-state index contributed by atoms with van der Waals surface area (Å²) in [4.78, 5) is 36.2. The molecule has 130 valence electrons. The highest BCUT2D eigenvalue weighted by molar-refractivity contribution is 6.08. The van der Waals surface area contributed by atoms with Crippen molar-refractivity contribution in [3.63, 3.8) is 0 Å². The van der Waals surface area contributed by atoms with Gasteiger partial charge in [0.25, 0.3) is 5.91 Å². The van der Waals surface area contributed by atoms with Gasteiger partial charge in [0.05, 0.1) is 5.56 Å². The lowest BCUT2D eigenvalue weighted by Crippen LogP contribution is -2.26. The topological polar surface area (TPSA) is 102 Å². The van der Waals surface area contributed by atoms with Gasteiger partial charge < -0.3 is 15.5 Å². The minimum atomic E-state index is -0.575. The van der Waals surface area contributed by atoms with Gasteiger partial charge in [-0.05, 0) is 30.5 Å². The smallest absolute Gasteiger partial charge is 0.291 e. The number of ketones is 1. The molecule has 0 unspecified atom stereocenters. The number of anilines is 1. The number of fused-ring (bicyclic) bond motifs is 1. The fraction of sp³-hybridized carbons (Fsp3) is 0.316. The number of carbonyl (C=O) groups excluding carboxylic acids is 3. The second kappa shape index (κ2) is 5.88. The molecule has 1 aliphatic carbocycles. The third kappa shape index (κ3) is 3.20. The van der Waals surface area contributed by atoms with Crippen molar-refractivity contribution in [1.29, 1.82) is 0 Å². The molecule has 3 rings (SSSR count). The van der Waals surface area contributed by atoms with Gasteiger partial charge in [0.2, 0.25) is 5.91 Å². The van der Waals surface area contributed by atoms with Crippen molar-refractivity contribution in [2.75, 3.05) is 5.32 Å². The summed E-state index contributed by atoms with van der Waals surface area (Å²) in [5.74, 6) is -0.342. The first-order valence-corrected chi connectivity index (χ1v) is 8.04. The Morgan fingerprint density at radius 1 is 1.24 bits per heavy atom. The van der Waals surface area contributed by atoms with Gasteiger partial charge in [-0.15, -0.1) is 0 Å². The Hall–Kier alpha value is -2.89. The predicted octanol–water partition coefficient (Wildman–Crippen LogP) is 3.09. The largest absolute Gasteiger partial charge is 0.455 e. The monoisotopic (exact) mass is 340 g/mol. The summed E-state index contributed by atoms with van der Waals surface area (Å²) in [6, 6.07) is 6.33. The van der Waals surface area contributed by atoms with E-state index in [1.54, 1.807) is 25.1 Å². The fourth-order valence-electron chi connectivity index (χ4n) is 3.24. The summed E-state index contributed by atoms with van der Waals surface area (Å²) in [7, 11) is 0. The molecular formula is C19H20N2O4. The van der Waals surface area contributed by atoms with Crippen LogP contribution in [0.15, 0.2) is 28.7 Å². The molecule has 6 nitrogen and oxygen atoms in total. The number of rotatable bonds is 3. The lowest BCUT2D eigenvalue weighted by atomic mass is 9.76. The van der Waals surface area contributed by atoms with Crippen molar-refractivity contribution in [2.24, 2.45) is 11.1 Å². The van der Waals surface area contributed by atoms with Gasteiger partial charge in [-0.2, -0.15) is 0 Å². The SMILES string of the molecule is Cc1c(C(=O)Nc2cccc(C(N)=O)c2)oc2c1C(=O)CC(C)(C)C2. The van der Waals surface area contributed by atoms with E-state index < -0.39 is 11.8 Å². The number of primary amides is 1. The number of Topliss-reactive ketones (excluding diaryl/α,β-unsaturated/α-hetero) is 1. The standard InChI is InChI=1S/C19H20N2O4/c1-10-15-13(22)8-19(2,3)9-14(15)25-16(10)18(24)21-12-6-4-5-11(7-12)17(20)23/h4-7H,8-9H2,1-3H3,(H2,20,23)(H,21,24). The molecule has 1 aliphatic rings. The van der Waals surface area contributed by atoms with Crippen LogP contribution in [-0.2, 0) is 6.42 Å². The van der Waals surface area contributed by atoms with E-state index in [1.807, 2.05) is 13.8 Å². The highest BCUT2D eigenvalue weighted by atomic mass is 16.4. The number of carbonyl (C=O) groups is 3. The molecule has 3 N–H and O–H groups in total. The van der Waals surface area contributed by atoms with E-state index in [1.165, 1.54) is 6.07 Å². The number of hydrogen-bond donors (Lipinski definition) is 2. The van der Waals surface area contributed by atoms with Gasteiger partial charge in [0.1, 0.15) is 5.76 Å². The molecule has 1 aromatic heterocycles. The molecule has 0 bridgehead atoms. The van der Waals surface area contributed by atoms with Crippen LogP contribution in [0.4, 0.5) is 5.69 Å². The molecule has 1 aromatic carbocycles. The van der Waals surface area contributed by atoms with Crippen molar-refractivity contribution in [3.05, 3.63) is 52.5 Å². The van der Waals surface area contributed by atoms with E-state index in [9.17, 15) is 14.4 Å². The van der Waals surface area contributed by atoms with Gasteiger partial charge >= 0.3 is 0 Å². The highest BCUT2D eigenvalue weighted by Gasteiger charge is 2.37. The molecule has 0 saturated carbocycles. The Bertz CT molecular complexity index is 893. The Morgan fingerprint density at radius 2 is 1.96 bits per heavy atom. The quantitative estimate of drug-likeness (QED) is 0.896. The van der Waals surface area contributed by atoms with Crippen LogP contribution >= 0.6 is 0 Å². The van der Waals surface area contributed by atoms with Crippen molar-refractivity contribution in [2.45, 2.75) is 33.6 Å². The first-order chi connectivity index (χ1) is 11.7. The van der Waals surface area contributed by atoms with Crippen LogP contribution in [-0.4, -0.2) is 17.6 Å². The van der Waals surface area contributed by atoms with Gasteiger partial charge in [0.15, 0.2) is 11.5 Å². The Labute approximate surface area is 145 Å². The molecule has 2 aromatic rings. The van der Waals surface area contributed by atoms with Gasteiger partial charge in [0, 0.05) is 29.7 Å². The van der Waals surface area contributed by atoms with Gasteiger partial charge in [-0.25, -0.2) is 0 Å². The maximum atomic E-state index is 12.6. The van der Waals surface area contributed by atoms with Crippen LogP contribution in [0.1, 0.15) is 62.9 Å². The number of nitrogens with one attached hydrogen (secondary N) is 1. The molecule has 0 saturated heterocycles. The summed E-state index contributed by atoms with van der Waals surface area (Å²) in [5, 5.41) is 2.69. The molecule has 0 aliphatic heterocycles. The van der Waals surface area contributed by atoms with Crippen molar-refractivity contribution in [3.8, 4) is 0 Å². The van der Waals surface area contributed by atoms with E-state index in [0.717, 1.165) is 0 Å². The number of furan rings is 1. The molecule has 0 spiro atoms. The summed E-state index contributed by atoms with van der Waals surface area (Å²) in [5.41, 5.74) is 6.87. The maximum absolute atomic E-state index is 12.6. The van der Waals surface area contributed by atoms with Crippen LogP contribution in [0.3, 0.4) is 0 Å². The molecule has 1 heterocycles. The number of amides is 2. The van der Waals surface area contributed by atoms with Crippen LogP contribution in [0.2, 0.25) is 0 Å². The normalized spacial score (nSPS) is 15.6. The zero-order valence-electron chi connectivity index (χ0n) is 14.4. The van der Waals surface area contributed by atoms with Crippen LogP contribution in [0.25, 0.3) is 0 Å². The van der Waals surface area contributed by atoms with Crippen LogP contribution in [0, 0.1) is 12.3 Å². The molecule has 0 radical (unpaired) electrons. The zero-order valence-corrected chi connectivity index (χ0v) is 14.4. The molecule has 0 atom stereocenters. The summed E-state index contributed by atoms with van der Waals surface area (Å²) >= 11 is 0. The lowest BCUT2D eigenvalue weighted by Gasteiger charge is -2.27. The third-order valence-corrected chi connectivity index (χ3v) is 4.39. The minimum Gasteiger partial charge on any atom is -0.455 e. The summed E-state index contributed by atoms with van der Waals surface area (Å²) in [6.45, 7) is 5.72. The first kappa shape index (κ1) is 17.0. The van der Waals surface area contributed by atoms with Crippen molar-refractivity contribution >= 4 is 23.3 Å². The average molecular weight is 340 g/mol. The second-order valence-corrected chi connectivity index (χ2v) is 7.19. The maximum Gasteiger partial charge on any atom is 0.291 e. The van der Waals surface area contributed by atoms with E-state index >= 15 is 0 Å². The number of benzene rings is 1. The molecular weight excluding hydrogens is 320 g/mol. The van der Waals surface area contributed by atoms with Crippen molar-refractivity contribution < 1.29 is 18.8 Å². The third-order valence-electron chi connectivity index (χ3n) is 4.39. The highest BCUT2D eigenvalue weighted by Crippen LogP contribution is 2.38. The van der Waals surface area contributed by atoms with Gasteiger partial charge in [-0.3, -0.25) is 14.4 Å². The summed E-state index contributed by atoms with van der Waals surface area (Å²) in [6.07, 6.45) is 1.04. The first-order valence-electron chi connectivity index (χ1n) is 8.04. The fourth-order valence-corrected chi connectivity index (χ4v) is 3.24. The number of hydrogen-bond acceptors (Lipinski definition) is 4. The van der Waals surface area contributed by atoms with E-state index in [4.69, 9.17) is 10.2 Å². The van der Waals surface area contributed by atoms with Crippen LogP contribution < -0.4 is 11.1 Å². The molecule has 2 amide bonds. The number of nitrogens with two attached hydrogens (primary N) is 1. The molecule has 25 heavy (non-hydrogen) atoms. The Balaban J connectivity index is 1.90. The van der Waals surface area contributed by atoms with Gasteiger partial charge in [-0.1, -0.05) is 19.9 Å². The van der Waals surface area contributed by atoms with E-state index in [-0.39, 0.29) is 17.0 Å². The average Bonchev–Trinajstić information content (AvgIpc) is 2.83. The second-order valence-electron chi connectivity index (χ2n) is 7.19. The lowest BCUT2D eigenvalue weighted by molar-refractivity contribution is 0.0898.